The van der Waals surface area contributed by atoms with Crippen molar-refractivity contribution in [2.45, 2.75) is 5.88 Å². The Bertz CT molecular complexity index is 453. The van der Waals surface area contributed by atoms with Gasteiger partial charge in [0, 0.05) is 17.5 Å². The van der Waals surface area contributed by atoms with Crippen molar-refractivity contribution >= 4 is 11.6 Å². The Hall–Kier alpha value is -1.48. The van der Waals surface area contributed by atoms with Crippen LogP contribution in [0.3, 0.4) is 0 Å². The van der Waals surface area contributed by atoms with Crippen LogP contribution in [0.25, 0.3) is 11.4 Å². The molecule has 1 N–H and O–H groups in total. The molecular formula is C11H11ClN2O. The van der Waals surface area contributed by atoms with Crippen molar-refractivity contribution in [1.82, 2.24) is 9.97 Å². The molecule has 2 rings (SSSR count). The summed E-state index contributed by atoms with van der Waals surface area (Å²) in [6.45, 7) is 0. The van der Waals surface area contributed by atoms with Gasteiger partial charge >= 0.3 is 0 Å². The molecule has 0 aliphatic carbocycles. The second-order valence-electron chi connectivity index (χ2n) is 3.12. The second kappa shape index (κ2) is 4.36. The predicted molar refractivity (Wildman–Crippen MR) is 60.1 cm³/mol. The summed E-state index contributed by atoms with van der Waals surface area (Å²) in [4.78, 5) is 7.37. The molecule has 0 saturated carbocycles. The van der Waals surface area contributed by atoms with Crippen LogP contribution in [-0.2, 0) is 5.88 Å². The molecule has 3 nitrogen and oxygen atoms in total. The molecule has 0 saturated heterocycles. The maximum absolute atomic E-state index is 5.69. The maximum atomic E-state index is 5.69. The van der Waals surface area contributed by atoms with Gasteiger partial charge in [0.25, 0.3) is 0 Å². The molecule has 4 heteroatoms. The summed E-state index contributed by atoms with van der Waals surface area (Å²) in [5.74, 6) is 2.07. The molecule has 0 amide bonds. The van der Waals surface area contributed by atoms with Crippen LogP contribution in [0, 0.1) is 0 Å². The van der Waals surface area contributed by atoms with Crippen LogP contribution in [0.4, 0.5) is 0 Å². The fourth-order valence-electron chi connectivity index (χ4n) is 1.34. The zero-order valence-electron chi connectivity index (χ0n) is 8.33. The highest BCUT2D eigenvalue weighted by atomic mass is 35.5. The third-order valence-corrected chi connectivity index (χ3v) is 2.40. The van der Waals surface area contributed by atoms with E-state index in [9.17, 15) is 0 Å². The number of aromatic amines is 1. The molecule has 0 bridgehead atoms. The molecule has 1 aromatic heterocycles. The molecule has 0 fully saturated rings. The first-order valence-electron chi connectivity index (χ1n) is 4.58. The number of rotatable bonds is 3. The molecule has 0 aliphatic heterocycles. The Morgan fingerprint density at radius 3 is 3.00 bits per heavy atom. The zero-order chi connectivity index (χ0) is 10.7. The largest absolute Gasteiger partial charge is 0.497 e. The number of hydrogen-bond acceptors (Lipinski definition) is 2. The minimum atomic E-state index is 0.441. The number of methoxy groups -OCH3 is 1. The molecule has 0 radical (unpaired) electrons. The zero-order valence-corrected chi connectivity index (χ0v) is 9.08. The van der Waals surface area contributed by atoms with E-state index in [-0.39, 0.29) is 0 Å². The van der Waals surface area contributed by atoms with Crippen LogP contribution in [0.2, 0.25) is 0 Å². The fourth-order valence-corrected chi connectivity index (χ4v) is 1.48. The lowest BCUT2D eigenvalue weighted by Crippen LogP contribution is -1.85. The lowest BCUT2D eigenvalue weighted by atomic mass is 10.2. The summed E-state index contributed by atoms with van der Waals surface area (Å²) >= 11 is 5.69. The van der Waals surface area contributed by atoms with E-state index in [1.165, 1.54) is 0 Å². The molecule has 0 aliphatic rings. The first-order valence-corrected chi connectivity index (χ1v) is 5.11. The molecule has 0 spiro atoms. The lowest BCUT2D eigenvalue weighted by Gasteiger charge is -2.01. The van der Waals surface area contributed by atoms with Crippen molar-refractivity contribution < 1.29 is 4.74 Å². The molecule has 15 heavy (non-hydrogen) atoms. The second-order valence-corrected chi connectivity index (χ2v) is 3.39. The van der Waals surface area contributed by atoms with E-state index in [1.54, 1.807) is 13.3 Å². The monoisotopic (exact) mass is 222 g/mol. The highest BCUT2D eigenvalue weighted by Gasteiger charge is 2.03. The number of imidazole rings is 1. The standard InChI is InChI=1S/C11H11ClN2O/c1-15-10-4-2-3-8(5-10)11-13-7-9(6-12)14-11/h2-5,7H,6H2,1H3,(H,13,14). The Morgan fingerprint density at radius 2 is 2.33 bits per heavy atom. The molecule has 1 heterocycles. The van der Waals surface area contributed by atoms with Gasteiger partial charge in [-0.1, -0.05) is 12.1 Å². The number of halogens is 1. The number of hydrogen-bond donors (Lipinski definition) is 1. The summed E-state index contributed by atoms with van der Waals surface area (Å²) in [5.41, 5.74) is 1.90. The smallest absolute Gasteiger partial charge is 0.137 e. The average molecular weight is 223 g/mol. The van der Waals surface area contributed by atoms with Crippen molar-refractivity contribution in [3.8, 4) is 17.1 Å². The van der Waals surface area contributed by atoms with Gasteiger partial charge in [0.1, 0.15) is 11.6 Å². The van der Waals surface area contributed by atoms with Gasteiger partial charge in [-0.25, -0.2) is 4.98 Å². The van der Waals surface area contributed by atoms with Gasteiger partial charge in [-0.15, -0.1) is 11.6 Å². The van der Waals surface area contributed by atoms with Crippen molar-refractivity contribution in [3.05, 3.63) is 36.2 Å². The van der Waals surface area contributed by atoms with Gasteiger partial charge in [0.2, 0.25) is 0 Å². The minimum absolute atomic E-state index is 0.441. The summed E-state index contributed by atoms with van der Waals surface area (Å²) in [5, 5.41) is 0. The van der Waals surface area contributed by atoms with Gasteiger partial charge in [0.05, 0.1) is 13.0 Å². The van der Waals surface area contributed by atoms with Crippen LogP contribution >= 0.6 is 11.6 Å². The quantitative estimate of drug-likeness (QED) is 0.811. The Balaban J connectivity index is 2.35. The van der Waals surface area contributed by atoms with Gasteiger partial charge in [-0.2, -0.15) is 0 Å². The molecule has 1 aromatic carbocycles. The van der Waals surface area contributed by atoms with Gasteiger partial charge in [-0.05, 0) is 12.1 Å². The van der Waals surface area contributed by atoms with Crippen molar-refractivity contribution in [2.24, 2.45) is 0 Å². The van der Waals surface area contributed by atoms with E-state index in [1.807, 2.05) is 24.3 Å². The highest BCUT2D eigenvalue weighted by molar-refractivity contribution is 6.16. The Morgan fingerprint density at radius 1 is 1.47 bits per heavy atom. The first-order chi connectivity index (χ1) is 7.33. The first kappa shape index (κ1) is 10.1. The summed E-state index contributed by atoms with van der Waals surface area (Å²) in [6.07, 6.45) is 1.74. The molecule has 0 atom stereocenters. The van der Waals surface area contributed by atoms with E-state index in [2.05, 4.69) is 9.97 Å². The third-order valence-electron chi connectivity index (χ3n) is 2.12. The maximum Gasteiger partial charge on any atom is 0.137 e. The van der Waals surface area contributed by atoms with Gasteiger partial charge in [0.15, 0.2) is 0 Å². The number of alkyl halides is 1. The van der Waals surface area contributed by atoms with Gasteiger partial charge < -0.3 is 9.72 Å². The number of H-pyrrole nitrogens is 1. The summed E-state index contributed by atoms with van der Waals surface area (Å²) < 4.78 is 5.14. The summed E-state index contributed by atoms with van der Waals surface area (Å²) in [6, 6.07) is 7.72. The van der Waals surface area contributed by atoms with Crippen molar-refractivity contribution in [3.63, 3.8) is 0 Å². The number of aromatic nitrogens is 2. The Kier molecular flexibility index (Phi) is 2.92. The van der Waals surface area contributed by atoms with Crippen molar-refractivity contribution in [2.75, 3.05) is 7.11 Å². The summed E-state index contributed by atoms with van der Waals surface area (Å²) in [7, 11) is 1.64. The van der Waals surface area contributed by atoms with Crippen LogP contribution in [0.5, 0.6) is 5.75 Å². The molecule has 0 unspecified atom stereocenters. The number of nitrogens with one attached hydrogen (secondary N) is 1. The average Bonchev–Trinajstić information content (AvgIpc) is 2.78. The lowest BCUT2D eigenvalue weighted by molar-refractivity contribution is 0.415. The van der Waals surface area contributed by atoms with E-state index in [0.717, 1.165) is 22.8 Å². The third kappa shape index (κ3) is 2.13. The number of benzene rings is 1. The van der Waals surface area contributed by atoms with Gasteiger partial charge in [-0.3, -0.25) is 0 Å². The van der Waals surface area contributed by atoms with Crippen molar-refractivity contribution in [1.29, 1.82) is 0 Å². The van der Waals surface area contributed by atoms with Crippen LogP contribution in [-0.4, -0.2) is 17.1 Å². The molecular weight excluding hydrogens is 212 g/mol. The van der Waals surface area contributed by atoms with Crippen LogP contribution in [0.1, 0.15) is 5.69 Å². The van der Waals surface area contributed by atoms with E-state index in [0.29, 0.717) is 5.88 Å². The predicted octanol–water partition coefficient (Wildman–Crippen LogP) is 2.82. The molecule has 2 aromatic rings. The van der Waals surface area contributed by atoms with Crippen LogP contribution < -0.4 is 4.74 Å². The van der Waals surface area contributed by atoms with E-state index >= 15 is 0 Å². The van der Waals surface area contributed by atoms with E-state index < -0.39 is 0 Å². The normalized spacial score (nSPS) is 10.3. The topological polar surface area (TPSA) is 37.9 Å². The van der Waals surface area contributed by atoms with Crippen LogP contribution in [0.15, 0.2) is 30.5 Å². The van der Waals surface area contributed by atoms with E-state index in [4.69, 9.17) is 16.3 Å². The Labute approximate surface area is 93.1 Å². The minimum Gasteiger partial charge on any atom is -0.497 e. The SMILES string of the molecule is COc1cccc(-c2ncc(CCl)[nH]2)c1. The number of nitrogens with zero attached hydrogens (tertiary/aromatic N) is 1. The number of ether oxygens (including phenoxy) is 1. The highest BCUT2D eigenvalue weighted by Crippen LogP contribution is 2.21. The molecule has 78 valence electrons. The fraction of sp³-hybridized carbons (Fsp3) is 0.182.